The van der Waals surface area contributed by atoms with E-state index in [4.69, 9.17) is 9.63 Å². The van der Waals surface area contributed by atoms with Crippen molar-refractivity contribution in [2.75, 3.05) is 6.26 Å². The van der Waals surface area contributed by atoms with Gasteiger partial charge in [-0.1, -0.05) is 11.2 Å². The number of carboxylic acid groups (broad SMARTS) is 1. The first-order valence-electron chi connectivity index (χ1n) is 7.46. The molecule has 13 heteroatoms. The molecule has 0 saturated heterocycles. The third-order valence-corrected chi connectivity index (χ3v) is 4.63. The van der Waals surface area contributed by atoms with E-state index in [1.807, 2.05) is 0 Å². The molecule has 0 atom stereocenters. The molecule has 0 bridgehead atoms. The van der Waals surface area contributed by atoms with Crippen LogP contribution in [0.3, 0.4) is 0 Å². The number of benzene rings is 1. The number of alkyl halides is 3. The quantitative estimate of drug-likeness (QED) is 0.670. The van der Waals surface area contributed by atoms with Crippen molar-refractivity contribution < 1.29 is 36.0 Å². The highest BCUT2D eigenvalue weighted by Crippen LogP contribution is 2.32. The smallest absolute Gasteiger partial charge is 0.435 e. The molecular weight excluding hydrogens is 405 g/mol. The Kier molecular flexibility index (Phi) is 4.71. The summed E-state index contributed by atoms with van der Waals surface area (Å²) in [5, 5.41) is 15.7. The number of sulfone groups is 1. The number of carbonyl (C=O) groups is 1. The van der Waals surface area contributed by atoms with Crippen LogP contribution in [0.4, 0.5) is 13.2 Å². The van der Waals surface area contributed by atoms with Gasteiger partial charge in [-0.15, -0.1) is 0 Å². The van der Waals surface area contributed by atoms with Gasteiger partial charge in [0.25, 0.3) is 5.89 Å². The zero-order valence-electron chi connectivity index (χ0n) is 14.0. The van der Waals surface area contributed by atoms with E-state index in [-0.39, 0.29) is 27.9 Å². The van der Waals surface area contributed by atoms with Crippen LogP contribution in [0.15, 0.2) is 39.8 Å². The first kappa shape index (κ1) is 19.5. The van der Waals surface area contributed by atoms with Gasteiger partial charge < -0.3 is 9.63 Å². The monoisotopic (exact) mass is 416 g/mol. The number of halogens is 3. The summed E-state index contributed by atoms with van der Waals surface area (Å²) >= 11 is 0. The second-order valence-corrected chi connectivity index (χ2v) is 7.70. The van der Waals surface area contributed by atoms with E-state index < -0.39 is 34.2 Å². The molecule has 28 heavy (non-hydrogen) atoms. The number of hydrogen-bond acceptors (Lipinski definition) is 7. The number of aliphatic carboxylic acids is 1. The van der Waals surface area contributed by atoms with E-state index in [2.05, 4.69) is 15.2 Å². The lowest BCUT2D eigenvalue weighted by Crippen LogP contribution is -2.13. The minimum absolute atomic E-state index is 0.0139. The molecule has 0 unspecified atom stereocenters. The number of nitrogens with zero attached hydrogens (tertiary/aromatic N) is 4. The van der Waals surface area contributed by atoms with Gasteiger partial charge in [-0.25, -0.2) is 13.1 Å². The Labute approximate surface area is 155 Å². The molecule has 9 nitrogen and oxygen atoms in total. The fourth-order valence-electron chi connectivity index (χ4n) is 2.29. The van der Waals surface area contributed by atoms with Crippen molar-refractivity contribution >= 4 is 15.8 Å². The van der Waals surface area contributed by atoms with E-state index >= 15 is 0 Å². The van der Waals surface area contributed by atoms with E-state index in [1.165, 1.54) is 24.3 Å². The summed E-state index contributed by atoms with van der Waals surface area (Å²) in [5.41, 5.74) is -1.40. The highest BCUT2D eigenvalue weighted by Gasteiger charge is 2.36. The normalized spacial score (nSPS) is 12.3. The summed E-state index contributed by atoms with van der Waals surface area (Å²) in [6.45, 7) is -0.848. The highest BCUT2D eigenvalue weighted by atomic mass is 32.2. The van der Waals surface area contributed by atoms with Gasteiger partial charge in [-0.2, -0.15) is 23.3 Å². The Morgan fingerprint density at radius 3 is 2.61 bits per heavy atom. The first-order chi connectivity index (χ1) is 12.9. The molecule has 3 rings (SSSR count). The summed E-state index contributed by atoms with van der Waals surface area (Å²) in [6, 6.07) is 6.13. The van der Waals surface area contributed by atoms with E-state index in [9.17, 15) is 26.4 Å². The van der Waals surface area contributed by atoms with Gasteiger partial charge in [0.05, 0.1) is 4.90 Å². The molecule has 0 aliphatic rings. The molecule has 0 aliphatic heterocycles. The highest BCUT2D eigenvalue weighted by molar-refractivity contribution is 7.90. The van der Waals surface area contributed by atoms with Crippen molar-refractivity contribution in [3.05, 3.63) is 36.0 Å². The fourth-order valence-corrected chi connectivity index (χ4v) is 2.96. The van der Waals surface area contributed by atoms with Crippen molar-refractivity contribution in [2.45, 2.75) is 17.6 Å². The average Bonchev–Trinajstić information content (AvgIpc) is 3.20. The number of aromatic nitrogens is 4. The minimum atomic E-state index is -4.80. The number of hydrogen-bond donors (Lipinski definition) is 1. The maximum Gasteiger partial charge on any atom is 0.435 e. The van der Waals surface area contributed by atoms with Crippen LogP contribution in [-0.2, 0) is 27.4 Å². The summed E-state index contributed by atoms with van der Waals surface area (Å²) in [6.07, 6.45) is -3.79. The molecule has 0 amide bonds. The molecule has 148 valence electrons. The van der Waals surface area contributed by atoms with Crippen LogP contribution in [0.25, 0.3) is 23.0 Å². The number of rotatable bonds is 5. The van der Waals surface area contributed by atoms with Crippen LogP contribution in [0.1, 0.15) is 5.69 Å². The predicted octanol–water partition coefficient (Wildman–Crippen LogP) is 2.11. The van der Waals surface area contributed by atoms with Gasteiger partial charge in [-0.05, 0) is 24.3 Å². The Balaban J connectivity index is 2.05. The summed E-state index contributed by atoms with van der Waals surface area (Å²) in [5.74, 6) is -1.90. The summed E-state index contributed by atoms with van der Waals surface area (Å²) in [4.78, 5) is 14.8. The average molecular weight is 416 g/mol. The van der Waals surface area contributed by atoms with Gasteiger partial charge in [-0.3, -0.25) is 4.79 Å². The van der Waals surface area contributed by atoms with Gasteiger partial charge >= 0.3 is 12.1 Å². The topological polar surface area (TPSA) is 128 Å². The fraction of sp³-hybridized carbons (Fsp3) is 0.200. The summed E-state index contributed by atoms with van der Waals surface area (Å²) in [7, 11) is -3.51. The molecule has 0 spiro atoms. The van der Waals surface area contributed by atoms with Crippen molar-refractivity contribution in [2.24, 2.45) is 0 Å². The Morgan fingerprint density at radius 1 is 1.29 bits per heavy atom. The van der Waals surface area contributed by atoms with Gasteiger partial charge in [0.1, 0.15) is 12.2 Å². The van der Waals surface area contributed by atoms with Crippen LogP contribution < -0.4 is 0 Å². The standard InChI is InChI=1S/C15H11F3N4O5S/c1-28(25,26)9-4-2-3-8(5-9)14-19-13(21-27-14)10-6-11(15(16,17)18)20-22(10)7-12(23)24/h2-6H,7H2,1H3,(H,23,24). The zero-order chi connectivity index (χ0) is 20.7. The van der Waals surface area contributed by atoms with Crippen molar-refractivity contribution in [3.63, 3.8) is 0 Å². The van der Waals surface area contributed by atoms with Crippen LogP contribution in [0, 0.1) is 0 Å². The molecule has 1 N–H and O–H groups in total. The molecule has 2 aromatic heterocycles. The summed E-state index contributed by atoms with van der Waals surface area (Å²) < 4.78 is 67.6. The lowest BCUT2D eigenvalue weighted by Gasteiger charge is -2.01. The maximum atomic E-state index is 12.9. The van der Waals surface area contributed by atoms with E-state index in [0.29, 0.717) is 10.7 Å². The third kappa shape index (κ3) is 4.03. The third-order valence-electron chi connectivity index (χ3n) is 3.52. The Hall–Kier alpha value is -3.22. The van der Waals surface area contributed by atoms with Crippen molar-refractivity contribution in [3.8, 4) is 23.0 Å². The van der Waals surface area contributed by atoms with Crippen LogP contribution in [0.5, 0.6) is 0 Å². The lowest BCUT2D eigenvalue weighted by molar-refractivity contribution is -0.143. The van der Waals surface area contributed by atoms with Crippen LogP contribution >= 0.6 is 0 Å². The molecule has 3 aromatic rings. The van der Waals surface area contributed by atoms with Gasteiger partial charge in [0, 0.05) is 11.8 Å². The first-order valence-corrected chi connectivity index (χ1v) is 9.36. The second kappa shape index (κ2) is 6.74. The van der Waals surface area contributed by atoms with Crippen molar-refractivity contribution in [1.29, 1.82) is 0 Å². The number of carboxylic acids is 1. The minimum Gasteiger partial charge on any atom is -0.480 e. The molecule has 0 fully saturated rings. The lowest BCUT2D eigenvalue weighted by atomic mass is 10.2. The van der Waals surface area contributed by atoms with Gasteiger partial charge in [0.2, 0.25) is 5.82 Å². The van der Waals surface area contributed by atoms with E-state index in [0.717, 1.165) is 6.26 Å². The molecule has 2 heterocycles. The zero-order valence-corrected chi connectivity index (χ0v) is 14.8. The maximum absolute atomic E-state index is 12.9. The SMILES string of the molecule is CS(=O)(=O)c1cccc(-c2nc(-c3cc(C(F)(F)F)nn3CC(=O)O)no2)c1. The van der Waals surface area contributed by atoms with Crippen LogP contribution in [0.2, 0.25) is 0 Å². The predicted molar refractivity (Wildman–Crippen MR) is 86.7 cm³/mol. The van der Waals surface area contributed by atoms with Gasteiger partial charge in [0.15, 0.2) is 15.5 Å². The largest absolute Gasteiger partial charge is 0.480 e. The van der Waals surface area contributed by atoms with E-state index in [1.54, 1.807) is 0 Å². The molecule has 0 aliphatic carbocycles. The Bertz CT molecular complexity index is 1150. The second-order valence-electron chi connectivity index (χ2n) is 5.69. The molecule has 1 aromatic carbocycles. The van der Waals surface area contributed by atoms with Crippen LogP contribution in [-0.4, -0.2) is 45.7 Å². The molecule has 0 radical (unpaired) electrons. The molecular formula is C15H11F3N4O5S. The Morgan fingerprint density at radius 2 is 2.00 bits per heavy atom. The molecule has 0 saturated carbocycles. The van der Waals surface area contributed by atoms with Crippen molar-refractivity contribution in [1.82, 2.24) is 19.9 Å².